The maximum Gasteiger partial charge on any atom is 0.524 e. The van der Waals surface area contributed by atoms with Crippen LogP contribution in [0.2, 0.25) is 0 Å². The van der Waals surface area contributed by atoms with Gasteiger partial charge >= 0.3 is 7.82 Å². The third-order valence-corrected chi connectivity index (χ3v) is 4.65. The Hall–Kier alpha value is -2.72. The van der Waals surface area contributed by atoms with Gasteiger partial charge in [0.25, 0.3) is 0 Å². The third kappa shape index (κ3) is 5.14. The molecule has 0 fully saturated rings. The maximum atomic E-state index is 11.6. The van der Waals surface area contributed by atoms with Crippen LogP contribution in [-0.4, -0.2) is 16.1 Å². The number of aldehydes is 1. The summed E-state index contributed by atoms with van der Waals surface area (Å²) in [7, 11) is -4.73. The average Bonchev–Trinajstić information content (AvgIpc) is 2.65. The van der Waals surface area contributed by atoms with Crippen LogP contribution in [0.1, 0.15) is 32.6 Å². The van der Waals surface area contributed by atoms with E-state index in [-0.39, 0.29) is 5.75 Å². The molecule has 0 unspecified atom stereocenters. The summed E-state index contributed by atoms with van der Waals surface area (Å²) in [5.41, 5.74) is 3.71. The number of rotatable bonds is 7. The van der Waals surface area contributed by atoms with Crippen molar-refractivity contribution in [2.75, 3.05) is 0 Å². The highest BCUT2D eigenvalue weighted by Crippen LogP contribution is 2.41. The molecule has 0 radical (unpaired) electrons. The summed E-state index contributed by atoms with van der Waals surface area (Å²) >= 11 is 0. The lowest BCUT2D eigenvalue weighted by atomic mass is 9.91. The van der Waals surface area contributed by atoms with Crippen LogP contribution in [0.3, 0.4) is 0 Å². The minimum atomic E-state index is -4.73. The lowest BCUT2D eigenvalue weighted by molar-refractivity contribution is 0.112. The molecule has 3 rings (SSSR count). The largest absolute Gasteiger partial charge is 0.524 e. The summed E-state index contributed by atoms with van der Waals surface area (Å²) in [4.78, 5) is 30.2. The molecule has 0 atom stereocenters. The number of phosphoric ester groups is 1. The second-order valence-electron chi connectivity index (χ2n) is 6.13. The van der Waals surface area contributed by atoms with Crippen molar-refractivity contribution in [1.29, 1.82) is 0 Å². The molecule has 0 saturated heterocycles. The Morgan fingerprint density at radius 3 is 1.78 bits per heavy atom. The summed E-state index contributed by atoms with van der Waals surface area (Å²) in [6.07, 6.45) is 1.60. The number of hydrogen-bond donors (Lipinski definition) is 2. The molecule has 138 valence electrons. The number of carbonyl (C=O) groups is 1. The highest BCUT2D eigenvalue weighted by atomic mass is 31.2. The molecule has 0 aliphatic carbocycles. The fourth-order valence-corrected chi connectivity index (χ4v) is 3.44. The standard InChI is InChI=1S/C21H19O5P/c22-15-18-11-12-21(26-27(23,24)25)20(14-17-9-5-2-6-10-17)19(18)13-16-7-3-1-4-8-16/h1-12,15H,13-14H2,(H2,23,24,25). The number of phosphoric acid groups is 1. The fourth-order valence-electron chi connectivity index (χ4n) is 3.02. The summed E-state index contributed by atoms with van der Waals surface area (Å²) < 4.78 is 16.4. The van der Waals surface area contributed by atoms with Crippen molar-refractivity contribution in [1.82, 2.24) is 0 Å². The summed E-state index contributed by atoms with van der Waals surface area (Å²) in [6, 6.07) is 22.1. The SMILES string of the molecule is O=Cc1ccc(OP(=O)(O)O)c(Cc2ccccc2)c1Cc1ccccc1. The molecule has 2 N–H and O–H groups in total. The molecular weight excluding hydrogens is 363 g/mol. The number of hydrogen-bond acceptors (Lipinski definition) is 3. The van der Waals surface area contributed by atoms with Crippen LogP contribution in [0.25, 0.3) is 0 Å². The Morgan fingerprint density at radius 1 is 0.778 bits per heavy atom. The summed E-state index contributed by atoms with van der Waals surface area (Å²) in [5, 5.41) is 0. The monoisotopic (exact) mass is 382 g/mol. The third-order valence-electron chi connectivity index (χ3n) is 4.22. The summed E-state index contributed by atoms with van der Waals surface area (Å²) in [6.45, 7) is 0. The van der Waals surface area contributed by atoms with Gasteiger partial charge in [-0.3, -0.25) is 14.6 Å². The van der Waals surface area contributed by atoms with Crippen molar-refractivity contribution >= 4 is 14.1 Å². The van der Waals surface area contributed by atoms with Gasteiger partial charge in [0.2, 0.25) is 0 Å². The fraction of sp³-hybridized carbons (Fsp3) is 0.0952. The average molecular weight is 382 g/mol. The van der Waals surface area contributed by atoms with Gasteiger partial charge < -0.3 is 4.52 Å². The van der Waals surface area contributed by atoms with Crippen molar-refractivity contribution in [3.8, 4) is 5.75 Å². The minimum Gasteiger partial charge on any atom is -0.404 e. The van der Waals surface area contributed by atoms with E-state index in [9.17, 15) is 19.1 Å². The predicted molar refractivity (Wildman–Crippen MR) is 103 cm³/mol. The molecule has 0 saturated carbocycles. The van der Waals surface area contributed by atoms with Gasteiger partial charge in [0.1, 0.15) is 12.0 Å². The molecule has 0 bridgehead atoms. The van der Waals surface area contributed by atoms with Crippen LogP contribution in [0.5, 0.6) is 5.75 Å². The highest BCUT2D eigenvalue weighted by Gasteiger charge is 2.22. The minimum absolute atomic E-state index is 0.0868. The van der Waals surface area contributed by atoms with E-state index in [0.717, 1.165) is 17.4 Å². The van der Waals surface area contributed by atoms with E-state index in [2.05, 4.69) is 0 Å². The first kappa shape index (κ1) is 19.1. The Balaban J connectivity index is 2.13. The van der Waals surface area contributed by atoms with Gasteiger partial charge in [0, 0.05) is 17.5 Å². The van der Waals surface area contributed by atoms with Crippen molar-refractivity contribution in [3.63, 3.8) is 0 Å². The highest BCUT2D eigenvalue weighted by molar-refractivity contribution is 7.46. The Kier molecular flexibility index (Phi) is 5.87. The Bertz CT molecular complexity index is 965. The van der Waals surface area contributed by atoms with Crippen molar-refractivity contribution in [2.45, 2.75) is 12.8 Å². The van der Waals surface area contributed by atoms with Gasteiger partial charge in [0.15, 0.2) is 0 Å². The van der Waals surface area contributed by atoms with E-state index < -0.39 is 7.82 Å². The van der Waals surface area contributed by atoms with Crippen LogP contribution in [0.15, 0.2) is 72.8 Å². The van der Waals surface area contributed by atoms with Crippen LogP contribution < -0.4 is 4.52 Å². The first-order valence-corrected chi connectivity index (χ1v) is 9.92. The number of carbonyl (C=O) groups excluding carboxylic acids is 1. The van der Waals surface area contributed by atoms with E-state index in [1.54, 1.807) is 0 Å². The zero-order valence-corrected chi connectivity index (χ0v) is 15.4. The molecule has 3 aromatic rings. The van der Waals surface area contributed by atoms with Gasteiger partial charge in [0.05, 0.1) is 0 Å². The molecule has 0 spiro atoms. The topological polar surface area (TPSA) is 83.8 Å². The molecule has 0 aliphatic rings. The Morgan fingerprint density at radius 2 is 1.30 bits per heavy atom. The molecule has 0 aliphatic heterocycles. The van der Waals surface area contributed by atoms with Gasteiger partial charge in [-0.2, -0.15) is 0 Å². The second-order valence-corrected chi connectivity index (χ2v) is 7.30. The van der Waals surface area contributed by atoms with Crippen molar-refractivity contribution in [2.24, 2.45) is 0 Å². The molecule has 27 heavy (non-hydrogen) atoms. The van der Waals surface area contributed by atoms with Gasteiger partial charge in [-0.1, -0.05) is 60.7 Å². The zero-order chi connectivity index (χ0) is 19.3. The Labute approximate surface area is 157 Å². The first-order chi connectivity index (χ1) is 13.0. The van der Waals surface area contributed by atoms with Crippen molar-refractivity contribution < 1.29 is 23.7 Å². The molecule has 5 nitrogen and oxygen atoms in total. The van der Waals surface area contributed by atoms with Gasteiger partial charge in [-0.15, -0.1) is 0 Å². The predicted octanol–water partition coefficient (Wildman–Crippen LogP) is 4.15. The van der Waals surface area contributed by atoms with Crippen LogP contribution in [-0.2, 0) is 17.4 Å². The lowest BCUT2D eigenvalue weighted by Crippen LogP contribution is -2.05. The zero-order valence-electron chi connectivity index (χ0n) is 14.5. The first-order valence-electron chi connectivity index (χ1n) is 8.39. The molecular formula is C21H19O5P. The molecule has 0 amide bonds. The van der Waals surface area contributed by atoms with E-state index in [1.807, 2.05) is 60.7 Å². The van der Waals surface area contributed by atoms with E-state index in [1.165, 1.54) is 12.1 Å². The van der Waals surface area contributed by atoms with Gasteiger partial charge in [-0.25, -0.2) is 4.57 Å². The van der Waals surface area contributed by atoms with E-state index in [0.29, 0.717) is 29.5 Å². The number of benzene rings is 3. The van der Waals surface area contributed by atoms with Gasteiger partial charge in [-0.05, 0) is 35.2 Å². The maximum absolute atomic E-state index is 11.6. The normalized spacial score (nSPS) is 11.2. The van der Waals surface area contributed by atoms with E-state index >= 15 is 0 Å². The molecule has 3 aromatic carbocycles. The summed E-state index contributed by atoms with van der Waals surface area (Å²) in [5.74, 6) is 0.0868. The molecule has 6 heteroatoms. The smallest absolute Gasteiger partial charge is 0.404 e. The van der Waals surface area contributed by atoms with Crippen LogP contribution in [0, 0.1) is 0 Å². The quantitative estimate of drug-likeness (QED) is 0.474. The van der Waals surface area contributed by atoms with Crippen LogP contribution >= 0.6 is 7.82 Å². The molecule has 0 heterocycles. The lowest BCUT2D eigenvalue weighted by Gasteiger charge is -2.18. The molecule has 0 aromatic heterocycles. The second kappa shape index (κ2) is 8.31. The van der Waals surface area contributed by atoms with Crippen molar-refractivity contribution in [3.05, 3.63) is 101 Å². The van der Waals surface area contributed by atoms with Crippen LogP contribution in [0.4, 0.5) is 0 Å². The van der Waals surface area contributed by atoms with E-state index in [4.69, 9.17) is 4.52 Å².